The van der Waals surface area contributed by atoms with E-state index in [1.807, 2.05) is 31.2 Å². The molecule has 4 nitrogen and oxygen atoms in total. The zero-order valence-corrected chi connectivity index (χ0v) is 11.9. The number of rotatable bonds is 4. The number of urea groups is 1. The Bertz CT molecular complexity index is 486. The highest BCUT2D eigenvalue weighted by atomic mass is 32.2. The van der Waals surface area contributed by atoms with E-state index in [0.717, 1.165) is 23.3 Å². The monoisotopic (exact) mass is 278 g/mol. The lowest BCUT2D eigenvalue weighted by Crippen LogP contribution is -2.43. The summed E-state index contributed by atoms with van der Waals surface area (Å²) in [4.78, 5) is 24.3. The quantitative estimate of drug-likeness (QED) is 0.832. The van der Waals surface area contributed by atoms with Gasteiger partial charge in [0.1, 0.15) is 0 Å². The van der Waals surface area contributed by atoms with Gasteiger partial charge in [-0.3, -0.25) is 10.1 Å². The summed E-state index contributed by atoms with van der Waals surface area (Å²) >= 11 is 1.45. The standard InChI is InChI=1S/C14H18N2O2S/c1-9-4-3-5-12(8-9)19-10(2)13(17)16-14(18)15-11-6-7-11/h3-5,8,10-11H,6-7H2,1-2H3,(H2,15,16,17,18). The Labute approximate surface area is 117 Å². The van der Waals surface area contributed by atoms with Crippen LogP contribution in [0.3, 0.4) is 0 Å². The molecular weight excluding hydrogens is 260 g/mol. The van der Waals surface area contributed by atoms with Crippen LogP contribution in [-0.2, 0) is 4.79 Å². The molecule has 1 aromatic carbocycles. The topological polar surface area (TPSA) is 58.2 Å². The van der Waals surface area contributed by atoms with E-state index in [1.54, 1.807) is 6.92 Å². The predicted molar refractivity (Wildman–Crippen MR) is 76.2 cm³/mol. The van der Waals surface area contributed by atoms with Crippen LogP contribution in [0, 0.1) is 6.92 Å². The summed E-state index contributed by atoms with van der Waals surface area (Å²) in [7, 11) is 0. The Balaban J connectivity index is 1.82. The van der Waals surface area contributed by atoms with Gasteiger partial charge in [0.25, 0.3) is 0 Å². The third kappa shape index (κ3) is 4.59. The number of imide groups is 1. The van der Waals surface area contributed by atoms with E-state index in [2.05, 4.69) is 10.6 Å². The lowest BCUT2D eigenvalue weighted by atomic mass is 10.2. The van der Waals surface area contributed by atoms with Gasteiger partial charge in [0.2, 0.25) is 5.91 Å². The van der Waals surface area contributed by atoms with Crippen LogP contribution in [0.2, 0.25) is 0 Å². The molecule has 0 heterocycles. The molecule has 3 amide bonds. The molecule has 1 aromatic rings. The van der Waals surface area contributed by atoms with Gasteiger partial charge in [0, 0.05) is 10.9 Å². The van der Waals surface area contributed by atoms with Crippen LogP contribution < -0.4 is 10.6 Å². The lowest BCUT2D eigenvalue weighted by Gasteiger charge is -2.12. The molecule has 1 fully saturated rings. The van der Waals surface area contributed by atoms with E-state index in [9.17, 15) is 9.59 Å². The molecule has 1 aliphatic rings. The van der Waals surface area contributed by atoms with Crippen LogP contribution in [0.5, 0.6) is 0 Å². The van der Waals surface area contributed by atoms with Gasteiger partial charge < -0.3 is 5.32 Å². The number of nitrogens with one attached hydrogen (secondary N) is 2. The van der Waals surface area contributed by atoms with E-state index in [4.69, 9.17) is 0 Å². The highest BCUT2D eigenvalue weighted by molar-refractivity contribution is 8.00. The van der Waals surface area contributed by atoms with Crippen molar-refractivity contribution in [1.82, 2.24) is 10.6 Å². The van der Waals surface area contributed by atoms with Crippen LogP contribution in [0.15, 0.2) is 29.2 Å². The van der Waals surface area contributed by atoms with Gasteiger partial charge in [-0.25, -0.2) is 4.79 Å². The first-order valence-corrected chi connectivity index (χ1v) is 7.27. The highest BCUT2D eigenvalue weighted by Gasteiger charge is 2.25. The molecule has 0 spiro atoms. The van der Waals surface area contributed by atoms with Crippen molar-refractivity contribution in [2.45, 2.75) is 42.9 Å². The van der Waals surface area contributed by atoms with Gasteiger partial charge in [-0.1, -0.05) is 17.7 Å². The minimum absolute atomic E-state index is 0.257. The molecule has 102 valence electrons. The molecule has 1 aliphatic carbocycles. The molecule has 19 heavy (non-hydrogen) atoms. The van der Waals surface area contributed by atoms with E-state index in [1.165, 1.54) is 11.8 Å². The van der Waals surface area contributed by atoms with Gasteiger partial charge >= 0.3 is 6.03 Å². The second-order valence-corrected chi connectivity index (χ2v) is 6.23. The maximum absolute atomic E-state index is 11.9. The SMILES string of the molecule is Cc1cccc(SC(C)C(=O)NC(=O)NC2CC2)c1. The van der Waals surface area contributed by atoms with Crippen molar-refractivity contribution in [3.8, 4) is 0 Å². The summed E-state index contributed by atoms with van der Waals surface area (Å²) in [5.41, 5.74) is 1.16. The van der Waals surface area contributed by atoms with Crippen molar-refractivity contribution in [3.63, 3.8) is 0 Å². The Morgan fingerprint density at radius 3 is 2.74 bits per heavy atom. The van der Waals surface area contributed by atoms with Crippen LogP contribution in [0.1, 0.15) is 25.3 Å². The van der Waals surface area contributed by atoms with Gasteiger partial charge in [0.05, 0.1) is 5.25 Å². The Hall–Kier alpha value is -1.49. The molecule has 0 bridgehead atoms. The highest BCUT2D eigenvalue weighted by Crippen LogP contribution is 2.24. The van der Waals surface area contributed by atoms with E-state index in [-0.39, 0.29) is 23.2 Å². The molecule has 1 unspecified atom stereocenters. The van der Waals surface area contributed by atoms with Gasteiger partial charge in [0.15, 0.2) is 0 Å². The first-order valence-electron chi connectivity index (χ1n) is 6.39. The van der Waals surface area contributed by atoms with Crippen molar-refractivity contribution >= 4 is 23.7 Å². The molecule has 2 N–H and O–H groups in total. The number of carbonyl (C=O) groups is 2. The average Bonchev–Trinajstić information content (AvgIpc) is 3.12. The molecule has 1 atom stereocenters. The number of aryl methyl sites for hydroxylation is 1. The minimum atomic E-state index is -0.385. The van der Waals surface area contributed by atoms with Crippen molar-refractivity contribution in [2.24, 2.45) is 0 Å². The molecule has 0 radical (unpaired) electrons. The van der Waals surface area contributed by atoms with Gasteiger partial charge in [-0.2, -0.15) is 0 Å². The predicted octanol–water partition coefficient (Wildman–Crippen LogP) is 2.46. The Kier molecular flexibility index (Phi) is 4.47. The van der Waals surface area contributed by atoms with Crippen molar-refractivity contribution in [2.75, 3.05) is 0 Å². The molecular formula is C14H18N2O2S. The summed E-state index contributed by atoms with van der Waals surface area (Å²) in [6.07, 6.45) is 2.02. The van der Waals surface area contributed by atoms with Crippen molar-refractivity contribution in [1.29, 1.82) is 0 Å². The Morgan fingerprint density at radius 1 is 1.37 bits per heavy atom. The summed E-state index contributed by atoms with van der Waals surface area (Å²) in [6.45, 7) is 3.81. The molecule has 0 aliphatic heterocycles. The zero-order valence-electron chi connectivity index (χ0n) is 11.1. The van der Waals surface area contributed by atoms with E-state index < -0.39 is 0 Å². The van der Waals surface area contributed by atoms with Crippen LogP contribution in [0.4, 0.5) is 4.79 Å². The average molecular weight is 278 g/mol. The number of benzene rings is 1. The normalized spacial score (nSPS) is 15.7. The van der Waals surface area contributed by atoms with E-state index in [0.29, 0.717) is 0 Å². The largest absolute Gasteiger partial charge is 0.335 e. The van der Waals surface area contributed by atoms with Crippen molar-refractivity contribution in [3.05, 3.63) is 29.8 Å². The third-order valence-corrected chi connectivity index (χ3v) is 3.91. The Morgan fingerprint density at radius 2 is 2.11 bits per heavy atom. The molecule has 1 saturated carbocycles. The molecule has 2 rings (SSSR count). The summed E-state index contributed by atoms with van der Waals surface area (Å²) in [5, 5.41) is 4.81. The number of hydrogen-bond donors (Lipinski definition) is 2. The summed E-state index contributed by atoms with van der Waals surface area (Å²) in [5.74, 6) is -0.260. The van der Waals surface area contributed by atoms with Crippen LogP contribution >= 0.6 is 11.8 Å². The first kappa shape index (κ1) is 13.9. The second kappa shape index (κ2) is 6.10. The number of carbonyl (C=O) groups excluding carboxylic acids is 2. The van der Waals surface area contributed by atoms with Crippen LogP contribution in [0.25, 0.3) is 0 Å². The van der Waals surface area contributed by atoms with Gasteiger partial charge in [-0.15, -0.1) is 11.8 Å². The van der Waals surface area contributed by atoms with Gasteiger partial charge in [-0.05, 0) is 38.8 Å². The van der Waals surface area contributed by atoms with Crippen molar-refractivity contribution < 1.29 is 9.59 Å². The first-order chi connectivity index (χ1) is 9.04. The summed E-state index contributed by atoms with van der Waals surface area (Å²) < 4.78 is 0. The zero-order chi connectivity index (χ0) is 13.8. The second-order valence-electron chi connectivity index (χ2n) is 4.81. The number of hydrogen-bond acceptors (Lipinski definition) is 3. The molecule has 0 aromatic heterocycles. The fraction of sp³-hybridized carbons (Fsp3) is 0.429. The third-order valence-electron chi connectivity index (χ3n) is 2.82. The fourth-order valence-electron chi connectivity index (χ4n) is 1.61. The number of amides is 3. The number of thioether (sulfide) groups is 1. The minimum Gasteiger partial charge on any atom is -0.335 e. The van der Waals surface area contributed by atoms with E-state index >= 15 is 0 Å². The fourth-order valence-corrected chi connectivity index (χ4v) is 2.59. The maximum Gasteiger partial charge on any atom is 0.321 e. The van der Waals surface area contributed by atoms with Crippen LogP contribution in [-0.4, -0.2) is 23.2 Å². The lowest BCUT2D eigenvalue weighted by molar-refractivity contribution is -0.119. The molecule has 0 saturated heterocycles. The maximum atomic E-state index is 11.9. The summed E-state index contributed by atoms with van der Waals surface area (Å²) in [6, 6.07) is 7.83. The smallest absolute Gasteiger partial charge is 0.321 e. The molecule has 5 heteroatoms.